The zero-order valence-corrected chi connectivity index (χ0v) is 27.0. The Bertz CT molecular complexity index is 2350. The van der Waals surface area contributed by atoms with Crippen LogP contribution in [0.5, 0.6) is 0 Å². The first-order chi connectivity index (χ1) is 23.8. The molecule has 0 unspecified atom stereocenters. The molecule has 0 saturated heterocycles. The van der Waals surface area contributed by atoms with E-state index in [1.54, 1.807) is 11.1 Å². The molecule has 6 aromatic carbocycles. The number of benzene rings is 6. The van der Waals surface area contributed by atoms with Gasteiger partial charge in [-0.05, 0) is 108 Å². The molecule has 4 fully saturated rings. The summed E-state index contributed by atoms with van der Waals surface area (Å²) in [5.74, 6) is 3.29. The Hall–Kier alpha value is -5.08. The van der Waals surface area contributed by atoms with Crippen molar-refractivity contribution in [2.45, 2.75) is 37.5 Å². The summed E-state index contributed by atoms with van der Waals surface area (Å²) in [7, 11) is 0. The maximum Gasteiger partial charge on any atom is 0.137 e. The van der Waals surface area contributed by atoms with Gasteiger partial charge in [0.1, 0.15) is 11.2 Å². The van der Waals surface area contributed by atoms with E-state index in [1.807, 2.05) is 0 Å². The lowest BCUT2D eigenvalue weighted by molar-refractivity contribution is -0.0399. The SMILES string of the molecule is c1ccc(-c2ccccc2N(c2ccc3c(c2)oc2ccccc23)c2cccc3c2-c2ccccc2C32C3CC4CC(C3)CC2C4)cc1. The lowest BCUT2D eigenvalue weighted by Crippen LogP contribution is -2.55. The van der Waals surface area contributed by atoms with Gasteiger partial charge in [-0.25, -0.2) is 0 Å². The number of para-hydroxylation sites is 2. The van der Waals surface area contributed by atoms with Crippen molar-refractivity contribution in [3.63, 3.8) is 0 Å². The maximum absolute atomic E-state index is 6.51. The zero-order valence-electron chi connectivity index (χ0n) is 27.0. The number of anilines is 3. The summed E-state index contributed by atoms with van der Waals surface area (Å²) in [6, 6.07) is 51.7. The van der Waals surface area contributed by atoms with E-state index >= 15 is 0 Å². The second-order valence-corrected chi connectivity index (χ2v) is 14.9. The van der Waals surface area contributed by atoms with Crippen LogP contribution >= 0.6 is 0 Å². The lowest BCUT2D eigenvalue weighted by Gasteiger charge is -2.61. The van der Waals surface area contributed by atoms with Gasteiger partial charge in [0, 0.05) is 39.1 Å². The van der Waals surface area contributed by atoms with E-state index in [0.29, 0.717) is 0 Å². The summed E-state index contributed by atoms with van der Waals surface area (Å²) >= 11 is 0. The van der Waals surface area contributed by atoms with Gasteiger partial charge in [-0.2, -0.15) is 0 Å². The highest BCUT2D eigenvalue weighted by Crippen LogP contribution is 2.70. The van der Waals surface area contributed by atoms with Crippen LogP contribution in [0.25, 0.3) is 44.2 Å². The minimum Gasteiger partial charge on any atom is -0.456 e. The van der Waals surface area contributed by atoms with E-state index < -0.39 is 0 Å². The lowest BCUT2D eigenvalue weighted by atomic mass is 9.43. The smallest absolute Gasteiger partial charge is 0.137 e. The molecule has 1 aromatic heterocycles. The normalized spacial score (nSPS) is 24.8. The summed E-state index contributed by atoms with van der Waals surface area (Å²) in [5, 5.41) is 2.32. The Morgan fingerprint density at radius 1 is 0.500 bits per heavy atom. The Labute approximate surface area is 281 Å². The highest BCUT2D eigenvalue weighted by atomic mass is 16.3. The van der Waals surface area contributed by atoms with Gasteiger partial charge in [0.2, 0.25) is 0 Å². The molecule has 5 aliphatic carbocycles. The van der Waals surface area contributed by atoms with Crippen LogP contribution in [0.2, 0.25) is 0 Å². The topological polar surface area (TPSA) is 16.4 Å². The van der Waals surface area contributed by atoms with Crippen molar-refractivity contribution in [3.05, 3.63) is 151 Å². The first-order valence-electron chi connectivity index (χ1n) is 17.9. The van der Waals surface area contributed by atoms with Gasteiger partial charge in [-0.1, -0.05) is 103 Å². The first-order valence-corrected chi connectivity index (χ1v) is 17.9. The highest BCUT2D eigenvalue weighted by Gasteiger charge is 2.61. The van der Waals surface area contributed by atoms with Crippen molar-refractivity contribution >= 4 is 39.0 Å². The van der Waals surface area contributed by atoms with Crippen LogP contribution < -0.4 is 4.90 Å². The summed E-state index contributed by atoms with van der Waals surface area (Å²) in [5.41, 5.74) is 14.0. The number of hydrogen-bond donors (Lipinski definition) is 0. The van der Waals surface area contributed by atoms with Crippen LogP contribution in [0.15, 0.2) is 144 Å². The number of fused-ring (bicyclic) bond motifs is 6. The zero-order chi connectivity index (χ0) is 31.4. The van der Waals surface area contributed by atoms with Crippen molar-refractivity contribution in [1.29, 1.82) is 0 Å². The van der Waals surface area contributed by atoms with E-state index in [4.69, 9.17) is 4.42 Å². The minimum atomic E-state index is 0.114. The van der Waals surface area contributed by atoms with Crippen LogP contribution in [0.1, 0.15) is 43.2 Å². The third-order valence-corrected chi connectivity index (χ3v) is 12.6. The molecule has 0 N–H and O–H groups in total. The second-order valence-electron chi connectivity index (χ2n) is 14.9. The van der Waals surface area contributed by atoms with Gasteiger partial charge < -0.3 is 9.32 Å². The molecule has 12 rings (SSSR count). The van der Waals surface area contributed by atoms with Crippen molar-refractivity contribution in [3.8, 4) is 22.3 Å². The van der Waals surface area contributed by atoms with Crippen LogP contribution in [0, 0.1) is 23.7 Å². The Morgan fingerprint density at radius 2 is 1.15 bits per heavy atom. The summed E-state index contributed by atoms with van der Waals surface area (Å²) in [6.45, 7) is 0. The van der Waals surface area contributed by atoms with E-state index in [-0.39, 0.29) is 5.41 Å². The molecule has 2 nitrogen and oxygen atoms in total. The fourth-order valence-corrected chi connectivity index (χ4v) is 11.2. The third-order valence-electron chi connectivity index (χ3n) is 12.6. The molecule has 0 aliphatic heterocycles. The Balaban J connectivity index is 1.20. The van der Waals surface area contributed by atoms with Gasteiger partial charge in [0.25, 0.3) is 0 Å². The average Bonchev–Trinajstić information content (AvgIpc) is 3.65. The van der Waals surface area contributed by atoms with Crippen molar-refractivity contribution in [2.75, 3.05) is 4.90 Å². The highest BCUT2D eigenvalue weighted by molar-refractivity contribution is 6.07. The van der Waals surface area contributed by atoms with E-state index in [2.05, 4.69) is 144 Å². The molecular formula is C46H37NO. The molecule has 1 spiro atoms. The molecule has 4 bridgehead atoms. The van der Waals surface area contributed by atoms with Crippen LogP contribution in [-0.2, 0) is 5.41 Å². The average molecular weight is 620 g/mol. The number of hydrogen-bond acceptors (Lipinski definition) is 2. The van der Waals surface area contributed by atoms with Gasteiger partial charge >= 0.3 is 0 Å². The number of rotatable bonds is 4. The molecule has 0 amide bonds. The molecule has 48 heavy (non-hydrogen) atoms. The van der Waals surface area contributed by atoms with E-state index in [0.717, 1.165) is 51.3 Å². The Kier molecular flexibility index (Phi) is 5.59. The molecule has 4 saturated carbocycles. The molecular weight excluding hydrogens is 583 g/mol. The molecule has 0 atom stereocenters. The minimum absolute atomic E-state index is 0.114. The quantitative estimate of drug-likeness (QED) is 0.195. The fourth-order valence-electron chi connectivity index (χ4n) is 11.2. The van der Waals surface area contributed by atoms with E-state index in [9.17, 15) is 0 Å². The van der Waals surface area contributed by atoms with Crippen molar-refractivity contribution < 1.29 is 4.42 Å². The predicted molar refractivity (Wildman–Crippen MR) is 197 cm³/mol. The fraction of sp³-hybridized carbons (Fsp3) is 0.217. The van der Waals surface area contributed by atoms with Crippen LogP contribution in [0.4, 0.5) is 17.1 Å². The van der Waals surface area contributed by atoms with Crippen LogP contribution in [-0.4, -0.2) is 0 Å². The van der Waals surface area contributed by atoms with Gasteiger partial charge in [0.05, 0.1) is 11.4 Å². The molecule has 7 aromatic rings. The summed E-state index contributed by atoms with van der Waals surface area (Å²) in [6.07, 6.45) is 7.00. The van der Waals surface area contributed by atoms with Crippen LogP contribution in [0.3, 0.4) is 0 Å². The summed E-state index contributed by atoms with van der Waals surface area (Å²) < 4.78 is 6.51. The number of nitrogens with zero attached hydrogens (tertiary/aromatic N) is 1. The second kappa shape index (κ2) is 9.97. The predicted octanol–water partition coefficient (Wildman–Crippen LogP) is 12.4. The molecule has 232 valence electrons. The third kappa shape index (κ3) is 3.58. The molecule has 2 heteroatoms. The monoisotopic (exact) mass is 619 g/mol. The molecule has 5 aliphatic rings. The number of furan rings is 1. The van der Waals surface area contributed by atoms with Crippen molar-refractivity contribution in [1.82, 2.24) is 0 Å². The summed E-state index contributed by atoms with van der Waals surface area (Å²) in [4.78, 5) is 2.53. The molecule has 0 radical (unpaired) electrons. The largest absolute Gasteiger partial charge is 0.456 e. The standard InChI is InChI=1S/C46H37NO/c1-2-11-31(12-3-1)35-13-5-8-18-41(35)47(34-21-22-37-36-14-6-9-20-43(36)48-44(37)28-34)42-19-10-17-40-45(42)38-15-4-7-16-39(38)46(40)32-24-29-23-30(26-32)27-33(46)25-29/h1-22,28-30,32-33H,23-27H2. The van der Waals surface area contributed by atoms with Gasteiger partial charge in [-0.3, -0.25) is 0 Å². The van der Waals surface area contributed by atoms with E-state index in [1.165, 1.54) is 65.7 Å². The maximum atomic E-state index is 6.51. The molecule has 1 heterocycles. The van der Waals surface area contributed by atoms with Gasteiger partial charge in [0.15, 0.2) is 0 Å². The Morgan fingerprint density at radius 3 is 1.98 bits per heavy atom. The van der Waals surface area contributed by atoms with Crippen molar-refractivity contribution in [2.24, 2.45) is 23.7 Å². The van der Waals surface area contributed by atoms with Gasteiger partial charge in [-0.15, -0.1) is 0 Å². The first kappa shape index (κ1) is 26.9.